The second-order valence-corrected chi connectivity index (χ2v) is 6.91. The van der Waals surface area contributed by atoms with Gasteiger partial charge in [-0.15, -0.1) is 10.2 Å². The van der Waals surface area contributed by atoms with Crippen molar-refractivity contribution in [1.29, 1.82) is 0 Å². The molecule has 2 heterocycles. The summed E-state index contributed by atoms with van der Waals surface area (Å²) in [5, 5.41) is 11.7. The maximum Gasteiger partial charge on any atom is 0.416 e. The summed E-state index contributed by atoms with van der Waals surface area (Å²) in [6.07, 6.45) is -1.68. The van der Waals surface area contributed by atoms with Gasteiger partial charge in [0.15, 0.2) is 0 Å². The highest BCUT2D eigenvalue weighted by Crippen LogP contribution is 2.31. The molecular formula is C21H18F3N5O. The van der Waals surface area contributed by atoms with Crippen molar-refractivity contribution in [2.45, 2.75) is 19.1 Å². The zero-order chi connectivity index (χ0) is 21.1. The minimum Gasteiger partial charge on any atom is -0.337 e. The maximum absolute atomic E-state index is 12.9. The molecule has 1 aliphatic rings. The lowest BCUT2D eigenvalue weighted by Gasteiger charge is -2.26. The topological polar surface area (TPSA) is 63.9 Å². The van der Waals surface area contributed by atoms with Gasteiger partial charge in [-0.3, -0.25) is 4.79 Å². The second-order valence-electron chi connectivity index (χ2n) is 6.91. The van der Waals surface area contributed by atoms with E-state index in [0.29, 0.717) is 13.1 Å². The normalized spacial score (nSPS) is 14.5. The molecule has 154 valence electrons. The van der Waals surface area contributed by atoms with Crippen molar-refractivity contribution < 1.29 is 18.0 Å². The highest BCUT2D eigenvalue weighted by molar-refractivity contribution is 5.78. The Morgan fingerprint density at radius 2 is 1.80 bits per heavy atom. The molecule has 2 aromatic carbocycles. The van der Waals surface area contributed by atoms with Crippen molar-refractivity contribution in [2.24, 2.45) is 0 Å². The van der Waals surface area contributed by atoms with Crippen molar-refractivity contribution in [3.8, 4) is 11.4 Å². The van der Waals surface area contributed by atoms with E-state index in [1.165, 1.54) is 17.7 Å². The number of nitrogens with zero attached hydrogens (tertiary/aromatic N) is 5. The number of carbonyl (C=O) groups excluding carboxylic acids is 1. The van der Waals surface area contributed by atoms with Gasteiger partial charge in [0.2, 0.25) is 11.7 Å². The van der Waals surface area contributed by atoms with Gasteiger partial charge >= 0.3 is 6.18 Å². The van der Waals surface area contributed by atoms with Gasteiger partial charge in [0.25, 0.3) is 0 Å². The van der Waals surface area contributed by atoms with E-state index in [0.717, 1.165) is 28.9 Å². The van der Waals surface area contributed by atoms with Crippen LogP contribution in [-0.2, 0) is 17.5 Å². The number of hydrogen-bond donors (Lipinski definition) is 0. The number of alkyl halides is 3. The van der Waals surface area contributed by atoms with Crippen LogP contribution >= 0.6 is 0 Å². The first-order valence-electron chi connectivity index (χ1n) is 9.38. The molecule has 1 aromatic heterocycles. The summed E-state index contributed by atoms with van der Waals surface area (Å²) in [5.41, 5.74) is 1.75. The highest BCUT2D eigenvalue weighted by Gasteiger charge is 2.30. The first kappa shape index (κ1) is 19.8. The lowest BCUT2D eigenvalue weighted by atomic mass is 9.99. The molecule has 0 unspecified atom stereocenters. The van der Waals surface area contributed by atoms with Gasteiger partial charge in [0.05, 0.1) is 5.56 Å². The molecule has 9 heteroatoms. The Balaban J connectivity index is 1.41. The number of hydrogen-bond acceptors (Lipinski definition) is 4. The molecule has 3 aromatic rings. The summed E-state index contributed by atoms with van der Waals surface area (Å²) in [5.74, 6) is -0.134. The van der Waals surface area contributed by atoms with Gasteiger partial charge in [0.1, 0.15) is 6.54 Å². The van der Waals surface area contributed by atoms with Gasteiger partial charge < -0.3 is 4.90 Å². The summed E-state index contributed by atoms with van der Waals surface area (Å²) in [7, 11) is 0. The van der Waals surface area contributed by atoms with E-state index in [4.69, 9.17) is 0 Å². The van der Waals surface area contributed by atoms with Crippen LogP contribution in [0.3, 0.4) is 0 Å². The van der Waals surface area contributed by atoms with Crippen molar-refractivity contribution >= 4 is 11.5 Å². The quantitative estimate of drug-likeness (QED) is 0.655. The van der Waals surface area contributed by atoms with Crippen molar-refractivity contribution in [3.05, 3.63) is 71.8 Å². The summed E-state index contributed by atoms with van der Waals surface area (Å²) in [6, 6.07) is 14.7. The molecule has 6 nitrogen and oxygen atoms in total. The Bertz CT molecular complexity index is 1080. The van der Waals surface area contributed by atoms with Crippen LogP contribution in [0.2, 0.25) is 0 Å². The Morgan fingerprint density at radius 1 is 1.03 bits per heavy atom. The van der Waals surface area contributed by atoms with E-state index in [9.17, 15) is 18.0 Å². The van der Waals surface area contributed by atoms with E-state index < -0.39 is 11.7 Å². The smallest absolute Gasteiger partial charge is 0.337 e. The van der Waals surface area contributed by atoms with E-state index in [1.807, 2.05) is 36.4 Å². The molecule has 0 saturated carbocycles. The zero-order valence-corrected chi connectivity index (χ0v) is 15.9. The Kier molecular flexibility index (Phi) is 5.35. The summed E-state index contributed by atoms with van der Waals surface area (Å²) in [4.78, 5) is 15.4. The third-order valence-electron chi connectivity index (χ3n) is 4.88. The van der Waals surface area contributed by atoms with Crippen LogP contribution < -0.4 is 0 Å². The van der Waals surface area contributed by atoms with Crippen LogP contribution in [0.5, 0.6) is 0 Å². The lowest BCUT2D eigenvalue weighted by Crippen LogP contribution is -2.37. The minimum atomic E-state index is -4.46. The monoisotopic (exact) mass is 413 g/mol. The third kappa shape index (κ3) is 4.40. The Morgan fingerprint density at radius 3 is 2.50 bits per heavy atom. The number of rotatable bonds is 4. The molecule has 0 saturated heterocycles. The molecule has 0 atom stereocenters. The van der Waals surface area contributed by atoms with Gasteiger partial charge in [0, 0.05) is 18.7 Å². The SMILES string of the molecule is O=C(Cn1nnc(-c2cccc(C(F)(F)F)c2)n1)N1CC=C(c2ccccc2)CC1. The number of carbonyl (C=O) groups is 1. The lowest BCUT2D eigenvalue weighted by molar-refractivity contribution is -0.137. The molecule has 1 aliphatic heterocycles. The fourth-order valence-corrected chi connectivity index (χ4v) is 3.29. The highest BCUT2D eigenvalue weighted by atomic mass is 19.4. The molecule has 0 aliphatic carbocycles. The van der Waals surface area contributed by atoms with Gasteiger partial charge in [-0.25, -0.2) is 0 Å². The van der Waals surface area contributed by atoms with Crippen molar-refractivity contribution in [3.63, 3.8) is 0 Å². The minimum absolute atomic E-state index is 0.0406. The van der Waals surface area contributed by atoms with Crippen molar-refractivity contribution in [1.82, 2.24) is 25.1 Å². The third-order valence-corrected chi connectivity index (χ3v) is 4.88. The largest absolute Gasteiger partial charge is 0.416 e. The maximum atomic E-state index is 12.9. The number of benzene rings is 2. The molecule has 0 N–H and O–H groups in total. The standard InChI is InChI=1S/C21H18F3N5O/c22-21(23,24)18-8-4-7-17(13-18)20-25-27-29(26-20)14-19(30)28-11-9-16(10-12-28)15-5-2-1-3-6-15/h1-9,13H,10-12,14H2. The first-order valence-corrected chi connectivity index (χ1v) is 9.38. The summed E-state index contributed by atoms with van der Waals surface area (Å²) in [6.45, 7) is 0.938. The van der Waals surface area contributed by atoms with Crippen LogP contribution in [0.1, 0.15) is 17.5 Å². The summed E-state index contributed by atoms with van der Waals surface area (Å²) < 4.78 is 38.7. The predicted octanol–water partition coefficient (Wildman–Crippen LogP) is 3.67. The van der Waals surface area contributed by atoms with E-state index in [1.54, 1.807) is 4.90 Å². The van der Waals surface area contributed by atoms with Gasteiger partial charge in [-0.05, 0) is 34.9 Å². The van der Waals surface area contributed by atoms with Crippen LogP contribution in [0.15, 0.2) is 60.7 Å². The Labute approximate surface area is 170 Å². The second kappa shape index (κ2) is 8.10. The fourth-order valence-electron chi connectivity index (χ4n) is 3.29. The van der Waals surface area contributed by atoms with E-state index >= 15 is 0 Å². The molecule has 4 rings (SSSR count). The number of tetrazole rings is 1. The average molecular weight is 413 g/mol. The van der Waals surface area contributed by atoms with E-state index in [-0.39, 0.29) is 23.8 Å². The van der Waals surface area contributed by atoms with Gasteiger partial charge in [-0.2, -0.15) is 18.0 Å². The molecule has 0 spiro atoms. The number of halogens is 3. The van der Waals surface area contributed by atoms with Crippen molar-refractivity contribution in [2.75, 3.05) is 13.1 Å². The zero-order valence-electron chi connectivity index (χ0n) is 15.9. The molecule has 30 heavy (non-hydrogen) atoms. The average Bonchev–Trinajstić information content (AvgIpc) is 3.22. The fraction of sp³-hybridized carbons (Fsp3) is 0.238. The van der Waals surface area contributed by atoms with Gasteiger partial charge in [-0.1, -0.05) is 48.5 Å². The number of aromatic nitrogens is 4. The predicted molar refractivity (Wildman–Crippen MR) is 104 cm³/mol. The molecule has 0 bridgehead atoms. The molecular weight excluding hydrogens is 395 g/mol. The van der Waals surface area contributed by atoms with Crippen LogP contribution in [0.25, 0.3) is 17.0 Å². The Hall–Kier alpha value is -3.49. The van der Waals surface area contributed by atoms with Crippen LogP contribution in [-0.4, -0.2) is 44.1 Å². The molecule has 0 fully saturated rings. The van der Waals surface area contributed by atoms with E-state index in [2.05, 4.69) is 15.4 Å². The summed E-state index contributed by atoms with van der Waals surface area (Å²) >= 11 is 0. The molecule has 1 amide bonds. The van der Waals surface area contributed by atoms with Crippen LogP contribution in [0, 0.1) is 0 Å². The van der Waals surface area contributed by atoms with Crippen LogP contribution in [0.4, 0.5) is 13.2 Å². The first-order chi connectivity index (χ1) is 14.4. The molecule has 0 radical (unpaired) electrons. The number of amides is 1.